The number of nitrogens with zero attached hydrogens (tertiary/aromatic N) is 1. The van der Waals surface area contributed by atoms with Crippen LogP contribution in [-0.4, -0.2) is 36.2 Å². The second kappa shape index (κ2) is 6.49. The third kappa shape index (κ3) is 5.53. The van der Waals surface area contributed by atoms with Gasteiger partial charge in [-0.2, -0.15) is 0 Å². The van der Waals surface area contributed by atoms with Gasteiger partial charge in [0.1, 0.15) is 0 Å². The number of hydrogen-bond donors (Lipinski definition) is 1. The number of aliphatic hydroxyl groups excluding tert-OH is 1. The van der Waals surface area contributed by atoms with Crippen molar-refractivity contribution in [2.45, 2.75) is 52.1 Å². The standard InChI is InChI=1S/C13H27NO/c1-11(2)9-14(3)10-13(15)8-12-6-4-5-7-12/h11-13,15H,4-10H2,1-3H3. The summed E-state index contributed by atoms with van der Waals surface area (Å²) >= 11 is 0. The van der Waals surface area contributed by atoms with Gasteiger partial charge in [-0.05, 0) is 25.3 Å². The molecule has 0 saturated heterocycles. The summed E-state index contributed by atoms with van der Waals surface area (Å²) in [5.74, 6) is 1.49. The lowest BCUT2D eigenvalue weighted by molar-refractivity contribution is 0.0976. The highest BCUT2D eigenvalue weighted by Crippen LogP contribution is 2.28. The Kier molecular flexibility index (Phi) is 5.62. The van der Waals surface area contributed by atoms with Crippen LogP contribution in [0, 0.1) is 11.8 Å². The Morgan fingerprint density at radius 2 is 1.80 bits per heavy atom. The highest BCUT2D eigenvalue weighted by Gasteiger charge is 2.19. The summed E-state index contributed by atoms with van der Waals surface area (Å²) in [7, 11) is 2.11. The van der Waals surface area contributed by atoms with E-state index < -0.39 is 0 Å². The second-order valence-electron chi connectivity index (χ2n) is 5.66. The van der Waals surface area contributed by atoms with Crippen molar-refractivity contribution >= 4 is 0 Å². The van der Waals surface area contributed by atoms with Gasteiger partial charge in [-0.25, -0.2) is 0 Å². The Balaban J connectivity index is 2.13. The zero-order valence-corrected chi connectivity index (χ0v) is 10.6. The van der Waals surface area contributed by atoms with E-state index in [1.165, 1.54) is 25.7 Å². The highest BCUT2D eigenvalue weighted by atomic mass is 16.3. The molecule has 0 aromatic carbocycles. The monoisotopic (exact) mass is 213 g/mol. The van der Waals surface area contributed by atoms with E-state index in [-0.39, 0.29) is 6.10 Å². The third-order valence-electron chi connectivity index (χ3n) is 3.28. The lowest BCUT2D eigenvalue weighted by Crippen LogP contribution is -2.32. The van der Waals surface area contributed by atoms with E-state index in [4.69, 9.17) is 0 Å². The van der Waals surface area contributed by atoms with Crippen LogP contribution in [0.1, 0.15) is 46.0 Å². The van der Waals surface area contributed by atoms with Crippen molar-refractivity contribution in [3.05, 3.63) is 0 Å². The predicted octanol–water partition coefficient (Wildman–Crippen LogP) is 2.52. The van der Waals surface area contributed by atoms with Gasteiger partial charge in [0.05, 0.1) is 6.10 Å². The molecule has 0 heterocycles. The van der Waals surface area contributed by atoms with Crippen LogP contribution >= 0.6 is 0 Å². The summed E-state index contributed by atoms with van der Waals surface area (Å²) in [4.78, 5) is 2.25. The van der Waals surface area contributed by atoms with Crippen molar-refractivity contribution in [3.63, 3.8) is 0 Å². The summed E-state index contributed by atoms with van der Waals surface area (Å²) < 4.78 is 0. The van der Waals surface area contributed by atoms with Gasteiger partial charge < -0.3 is 10.0 Å². The predicted molar refractivity (Wildman–Crippen MR) is 64.9 cm³/mol. The SMILES string of the molecule is CC(C)CN(C)CC(O)CC1CCCC1. The van der Waals surface area contributed by atoms with Crippen molar-refractivity contribution in [2.75, 3.05) is 20.1 Å². The molecule has 0 bridgehead atoms. The first kappa shape index (κ1) is 13.0. The highest BCUT2D eigenvalue weighted by molar-refractivity contribution is 4.72. The van der Waals surface area contributed by atoms with Crippen LogP contribution < -0.4 is 0 Å². The normalized spacial score (nSPS) is 20.4. The molecule has 0 spiro atoms. The zero-order valence-electron chi connectivity index (χ0n) is 10.6. The molecule has 2 nitrogen and oxygen atoms in total. The molecule has 1 atom stereocenters. The fourth-order valence-electron chi connectivity index (χ4n) is 2.76. The van der Waals surface area contributed by atoms with Crippen LogP contribution in [0.3, 0.4) is 0 Å². The maximum absolute atomic E-state index is 9.95. The van der Waals surface area contributed by atoms with Crippen LogP contribution in [-0.2, 0) is 0 Å². The molecular formula is C13H27NO. The van der Waals surface area contributed by atoms with Gasteiger partial charge in [0.15, 0.2) is 0 Å². The maximum atomic E-state index is 9.95. The van der Waals surface area contributed by atoms with Crippen molar-refractivity contribution < 1.29 is 5.11 Å². The molecule has 2 heteroatoms. The summed E-state index contributed by atoms with van der Waals surface area (Å²) in [6.45, 7) is 6.37. The average molecular weight is 213 g/mol. The van der Waals surface area contributed by atoms with Gasteiger partial charge in [-0.1, -0.05) is 39.5 Å². The molecule has 1 saturated carbocycles. The van der Waals surface area contributed by atoms with E-state index in [2.05, 4.69) is 25.8 Å². The zero-order chi connectivity index (χ0) is 11.3. The first-order chi connectivity index (χ1) is 7.08. The molecule has 90 valence electrons. The molecule has 1 rings (SSSR count). The third-order valence-corrected chi connectivity index (χ3v) is 3.28. The van der Waals surface area contributed by atoms with Gasteiger partial charge in [0.25, 0.3) is 0 Å². The van der Waals surface area contributed by atoms with Gasteiger partial charge in [0, 0.05) is 13.1 Å². The number of rotatable bonds is 6. The summed E-state index contributed by atoms with van der Waals surface area (Å²) in [6.07, 6.45) is 6.33. The topological polar surface area (TPSA) is 23.5 Å². The van der Waals surface area contributed by atoms with Crippen LogP contribution in [0.25, 0.3) is 0 Å². The molecule has 0 aromatic heterocycles. The first-order valence-electron chi connectivity index (χ1n) is 6.44. The molecule has 1 aliphatic rings. The molecule has 1 unspecified atom stereocenters. The van der Waals surface area contributed by atoms with Crippen LogP contribution in [0.5, 0.6) is 0 Å². The minimum absolute atomic E-state index is 0.114. The molecule has 0 radical (unpaired) electrons. The lowest BCUT2D eigenvalue weighted by Gasteiger charge is -2.23. The van der Waals surface area contributed by atoms with Crippen molar-refractivity contribution in [3.8, 4) is 0 Å². The fraction of sp³-hybridized carbons (Fsp3) is 1.00. The van der Waals surface area contributed by atoms with Crippen molar-refractivity contribution in [1.29, 1.82) is 0 Å². The number of hydrogen-bond acceptors (Lipinski definition) is 2. The molecular weight excluding hydrogens is 186 g/mol. The fourth-order valence-corrected chi connectivity index (χ4v) is 2.76. The molecule has 0 aromatic rings. The van der Waals surface area contributed by atoms with E-state index in [0.29, 0.717) is 5.92 Å². The second-order valence-corrected chi connectivity index (χ2v) is 5.66. The molecule has 0 amide bonds. The van der Waals surface area contributed by atoms with Gasteiger partial charge in [0.2, 0.25) is 0 Å². The molecule has 1 N–H and O–H groups in total. The Hall–Kier alpha value is -0.0800. The summed E-state index contributed by atoms with van der Waals surface area (Å²) in [6, 6.07) is 0. The largest absolute Gasteiger partial charge is 0.392 e. The quantitative estimate of drug-likeness (QED) is 0.733. The molecule has 1 fully saturated rings. The van der Waals surface area contributed by atoms with Gasteiger partial charge in [-0.3, -0.25) is 0 Å². The van der Waals surface area contributed by atoms with E-state index in [0.717, 1.165) is 25.4 Å². The van der Waals surface area contributed by atoms with E-state index in [1.54, 1.807) is 0 Å². The smallest absolute Gasteiger partial charge is 0.0669 e. The minimum atomic E-state index is -0.114. The Morgan fingerprint density at radius 3 is 2.33 bits per heavy atom. The Labute approximate surface area is 94.7 Å². The van der Waals surface area contributed by atoms with Crippen LogP contribution in [0.4, 0.5) is 0 Å². The van der Waals surface area contributed by atoms with Gasteiger partial charge >= 0.3 is 0 Å². The van der Waals surface area contributed by atoms with E-state index in [9.17, 15) is 5.11 Å². The number of likely N-dealkylation sites (N-methyl/N-ethyl adjacent to an activating group) is 1. The molecule has 0 aliphatic heterocycles. The maximum Gasteiger partial charge on any atom is 0.0669 e. The van der Waals surface area contributed by atoms with Crippen LogP contribution in [0.2, 0.25) is 0 Å². The number of aliphatic hydroxyl groups is 1. The average Bonchev–Trinajstić information content (AvgIpc) is 2.53. The molecule has 15 heavy (non-hydrogen) atoms. The Morgan fingerprint density at radius 1 is 1.20 bits per heavy atom. The van der Waals surface area contributed by atoms with Gasteiger partial charge in [-0.15, -0.1) is 0 Å². The summed E-state index contributed by atoms with van der Waals surface area (Å²) in [5.41, 5.74) is 0. The first-order valence-corrected chi connectivity index (χ1v) is 6.44. The molecule has 1 aliphatic carbocycles. The summed E-state index contributed by atoms with van der Waals surface area (Å²) in [5, 5.41) is 9.95. The van der Waals surface area contributed by atoms with Crippen molar-refractivity contribution in [1.82, 2.24) is 4.90 Å². The van der Waals surface area contributed by atoms with E-state index in [1.807, 2.05) is 0 Å². The van der Waals surface area contributed by atoms with Crippen molar-refractivity contribution in [2.24, 2.45) is 11.8 Å². The van der Waals surface area contributed by atoms with Crippen LogP contribution in [0.15, 0.2) is 0 Å². The minimum Gasteiger partial charge on any atom is -0.392 e. The Bertz CT molecular complexity index is 164. The lowest BCUT2D eigenvalue weighted by atomic mass is 10.00. The van der Waals surface area contributed by atoms with E-state index >= 15 is 0 Å².